The van der Waals surface area contributed by atoms with Gasteiger partial charge in [0.2, 0.25) is 0 Å². The fourth-order valence-electron chi connectivity index (χ4n) is 2.41. The normalized spacial score (nSPS) is 20.2. The van der Waals surface area contributed by atoms with Crippen molar-refractivity contribution in [3.8, 4) is 5.75 Å². The van der Waals surface area contributed by atoms with Gasteiger partial charge in [0, 0.05) is 23.6 Å². The van der Waals surface area contributed by atoms with Crippen molar-refractivity contribution in [3.05, 3.63) is 27.7 Å². The van der Waals surface area contributed by atoms with Crippen LogP contribution in [0.4, 0.5) is 0 Å². The Morgan fingerprint density at radius 3 is 2.82 bits per heavy atom. The van der Waals surface area contributed by atoms with Gasteiger partial charge in [0.05, 0.1) is 5.02 Å². The van der Waals surface area contributed by atoms with Gasteiger partial charge in [-0.2, -0.15) is 0 Å². The van der Waals surface area contributed by atoms with Crippen LogP contribution < -0.4 is 10.5 Å². The van der Waals surface area contributed by atoms with Gasteiger partial charge in [-0.3, -0.25) is 4.79 Å². The van der Waals surface area contributed by atoms with E-state index in [1.807, 2.05) is 11.0 Å². The summed E-state index contributed by atoms with van der Waals surface area (Å²) in [6.45, 7) is 5.51. The standard InChI is InChI=1S/C15H20BrClN2O2.ClH/c1-15(2)9-19(6-5-13(15)18)14(20)8-21-12-4-3-10(16)7-11(12)17;/h3-4,7,13H,5-6,8-9,18H2,1-2H3;1H. The number of hydrogen-bond donors (Lipinski definition) is 1. The summed E-state index contributed by atoms with van der Waals surface area (Å²) in [6, 6.07) is 5.44. The fraction of sp³-hybridized carbons (Fsp3) is 0.533. The summed E-state index contributed by atoms with van der Waals surface area (Å²) in [5, 5.41) is 0.484. The Bertz CT molecular complexity index is 540. The number of rotatable bonds is 3. The van der Waals surface area contributed by atoms with Crippen molar-refractivity contribution in [2.24, 2.45) is 11.1 Å². The topological polar surface area (TPSA) is 55.6 Å². The number of ether oxygens (including phenoxy) is 1. The average Bonchev–Trinajstić information content (AvgIpc) is 2.40. The summed E-state index contributed by atoms with van der Waals surface area (Å²) >= 11 is 9.40. The van der Waals surface area contributed by atoms with Crippen molar-refractivity contribution in [3.63, 3.8) is 0 Å². The Labute approximate surface area is 150 Å². The lowest BCUT2D eigenvalue weighted by Gasteiger charge is -2.42. The number of piperidine rings is 1. The summed E-state index contributed by atoms with van der Waals surface area (Å²) < 4.78 is 6.40. The third-order valence-electron chi connectivity index (χ3n) is 3.91. The molecule has 0 aromatic heterocycles. The van der Waals surface area contributed by atoms with Gasteiger partial charge in [-0.05, 0) is 30.0 Å². The summed E-state index contributed by atoms with van der Waals surface area (Å²) in [6.07, 6.45) is 0.817. The number of likely N-dealkylation sites (tertiary alicyclic amines) is 1. The van der Waals surface area contributed by atoms with E-state index in [2.05, 4.69) is 29.8 Å². The van der Waals surface area contributed by atoms with Crippen LogP contribution in [0.5, 0.6) is 5.75 Å². The van der Waals surface area contributed by atoms with Crippen LogP contribution in [0.2, 0.25) is 5.02 Å². The highest BCUT2D eigenvalue weighted by Crippen LogP contribution is 2.29. The number of hydrogen-bond acceptors (Lipinski definition) is 3. The third kappa shape index (κ3) is 4.75. The largest absolute Gasteiger partial charge is 0.482 e. The average molecular weight is 412 g/mol. The Balaban J connectivity index is 0.00000242. The molecule has 1 saturated heterocycles. The molecule has 4 nitrogen and oxygen atoms in total. The molecule has 0 spiro atoms. The van der Waals surface area contributed by atoms with Crippen LogP contribution >= 0.6 is 39.9 Å². The summed E-state index contributed by atoms with van der Waals surface area (Å²) in [7, 11) is 0. The number of amides is 1. The minimum atomic E-state index is -0.0663. The molecular weight excluding hydrogens is 391 g/mol. The van der Waals surface area contributed by atoms with E-state index in [1.54, 1.807) is 12.1 Å². The fourth-order valence-corrected chi connectivity index (χ4v) is 3.14. The molecule has 1 unspecified atom stereocenters. The van der Waals surface area contributed by atoms with Crippen LogP contribution in [0.1, 0.15) is 20.3 Å². The molecule has 0 bridgehead atoms. The van der Waals surface area contributed by atoms with Crippen LogP contribution in [-0.2, 0) is 4.79 Å². The first-order valence-electron chi connectivity index (χ1n) is 6.91. The van der Waals surface area contributed by atoms with E-state index in [0.717, 1.165) is 10.9 Å². The maximum Gasteiger partial charge on any atom is 0.260 e. The molecule has 2 rings (SSSR count). The molecule has 1 atom stereocenters. The highest BCUT2D eigenvalue weighted by molar-refractivity contribution is 9.10. The maximum absolute atomic E-state index is 12.3. The molecule has 124 valence electrons. The number of halogens is 3. The van der Waals surface area contributed by atoms with Crippen molar-refractivity contribution >= 4 is 45.8 Å². The van der Waals surface area contributed by atoms with E-state index >= 15 is 0 Å². The zero-order chi connectivity index (χ0) is 15.6. The SMILES string of the molecule is CC1(C)CN(C(=O)COc2ccc(Br)cc2Cl)CCC1N.Cl. The van der Waals surface area contributed by atoms with Crippen molar-refractivity contribution in [2.45, 2.75) is 26.3 Å². The van der Waals surface area contributed by atoms with E-state index in [1.165, 1.54) is 0 Å². The van der Waals surface area contributed by atoms with Crippen molar-refractivity contribution < 1.29 is 9.53 Å². The van der Waals surface area contributed by atoms with Crippen molar-refractivity contribution in [2.75, 3.05) is 19.7 Å². The van der Waals surface area contributed by atoms with E-state index in [-0.39, 0.29) is 36.4 Å². The van der Waals surface area contributed by atoms with Crippen LogP contribution in [0, 0.1) is 5.41 Å². The lowest BCUT2D eigenvalue weighted by Crippen LogP contribution is -2.54. The molecule has 0 saturated carbocycles. The Kier molecular flexibility index (Phi) is 6.99. The smallest absolute Gasteiger partial charge is 0.260 e. The number of carbonyl (C=O) groups is 1. The van der Waals surface area contributed by atoms with Gasteiger partial charge in [0.25, 0.3) is 5.91 Å². The van der Waals surface area contributed by atoms with Crippen LogP contribution in [-0.4, -0.2) is 36.5 Å². The van der Waals surface area contributed by atoms with Crippen LogP contribution in [0.3, 0.4) is 0 Å². The van der Waals surface area contributed by atoms with Gasteiger partial charge >= 0.3 is 0 Å². The second-order valence-electron chi connectivity index (χ2n) is 6.06. The molecule has 1 aliphatic rings. The minimum Gasteiger partial charge on any atom is -0.482 e. The molecule has 1 amide bonds. The molecule has 1 fully saturated rings. The van der Waals surface area contributed by atoms with Gasteiger partial charge in [0.15, 0.2) is 6.61 Å². The van der Waals surface area contributed by atoms with Gasteiger partial charge in [0.1, 0.15) is 5.75 Å². The van der Waals surface area contributed by atoms with Crippen LogP contribution in [0.15, 0.2) is 22.7 Å². The molecule has 1 aromatic rings. The predicted molar refractivity (Wildman–Crippen MR) is 94.8 cm³/mol. The molecule has 0 radical (unpaired) electrons. The lowest BCUT2D eigenvalue weighted by atomic mass is 9.80. The second-order valence-corrected chi connectivity index (χ2v) is 7.39. The van der Waals surface area contributed by atoms with E-state index in [9.17, 15) is 4.79 Å². The Hall–Kier alpha value is -0.490. The monoisotopic (exact) mass is 410 g/mol. The first-order valence-corrected chi connectivity index (χ1v) is 8.08. The molecule has 1 aliphatic heterocycles. The zero-order valence-electron chi connectivity index (χ0n) is 12.6. The second kappa shape index (κ2) is 7.86. The highest BCUT2D eigenvalue weighted by atomic mass is 79.9. The molecule has 2 N–H and O–H groups in total. The van der Waals surface area contributed by atoms with Gasteiger partial charge in [-0.25, -0.2) is 0 Å². The van der Waals surface area contributed by atoms with Crippen molar-refractivity contribution in [1.29, 1.82) is 0 Å². The van der Waals surface area contributed by atoms with Crippen LogP contribution in [0.25, 0.3) is 0 Å². The highest BCUT2D eigenvalue weighted by Gasteiger charge is 2.35. The summed E-state index contributed by atoms with van der Waals surface area (Å²) in [5.41, 5.74) is 6.02. The van der Waals surface area contributed by atoms with E-state index < -0.39 is 0 Å². The molecular formula is C15H21BrCl2N2O2. The lowest BCUT2D eigenvalue weighted by molar-refractivity contribution is -0.136. The van der Waals surface area contributed by atoms with Gasteiger partial charge < -0.3 is 15.4 Å². The maximum atomic E-state index is 12.3. The number of nitrogens with two attached hydrogens (primary N) is 1. The van der Waals surface area contributed by atoms with Gasteiger partial charge in [-0.15, -0.1) is 12.4 Å². The molecule has 0 aliphatic carbocycles. The zero-order valence-corrected chi connectivity index (χ0v) is 15.8. The van der Waals surface area contributed by atoms with E-state index in [0.29, 0.717) is 23.9 Å². The summed E-state index contributed by atoms with van der Waals surface area (Å²) in [5.74, 6) is 0.482. The summed E-state index contributed by atoms with van der Waals surface area (Å²) in [4.78, 5) is 14.1. The quantitative estimate of drug-likeness (QED) is 0.828. The number of benzene rings is 1. The Morgan fingerprint density at radius 1 is 1.55 bits per heavy atom. The van der Waals surface area contributed by atoms with Gasteiger partial charge in [-0.1, -0.05) is 41.4 Å². The molecule has 7 heteroatoms. The molecule has 1 heterocycles. The first kappa shape index (κ1) is 19.6. The predicted octanol–water partition coefficient (Wildman–Crippen LogP) is 3.49. The number of nitrogens with zero attached hydrogens (tertiary/aromatic N) is 1. The Morgan fingerprint density at radius 2 is 2.23 bits per heavy atom. The van der Waals surface area contributed by atoms with Crippen molar-refractivity contribution in [1.82, 2.24) is 4.90 Å². The van der Waals surface area contributed by atoms with E-state index in [4.69, 9.17) is 22.1 Å². The minimum absolute atomic E-state index is 0. The number of carbonyl (C=O) groups excluding carboxylic acids is 1. The first-order chi connectivity index (χ1) is 9.79. The molecule has 1 aromatic carbocycles. The third-order valence-corrected chi connectivity index (χ3v) is 4.70. The molecule has 22 heavy (non-hydrogen) atoms.